The van der Waals surface area contributed by atoms with Crippen LogP contribution in [0, 0.1) is 11.8 Å². The Bertz CT molecular complexity index is 660. The maximum atomic E-state index is 10.3. The summed E-state index contributed by atoms with van der Waals surface area (Å²) < 4.78 is 4.38. The number of hydrogen-bond acceptors (Lipinski definition) is 4. The number of pyridine rings is 2. The number of rotatable bonds is 1. The van der Waals surface area contributed by atoms with Crippen LogP contribution in [0.4, 0.5) is 4.79 Å². The van der Waals surface area contributed by atoms with Gasteiger partial charge in [0.15, 0.2) is 0 Å². The molecule has 2 heterocycles. The second-order valence-electron chi connectivity index (χ2n) is 3.37. The zero-order valence-corrected chi connectivity index (χ0v) is 10.3. The number of aromatic nitrogens is 2. The van der Waals surface area contributed by atoms with Crippen LogP contribution in [0.15, 0.2) is 36.7 Å². The lowest BCUT2D eigenvalue weighted by atomic mass is 10.2. The van der Waals surface area contributed by atoms with Crippen LogP contribution in [-0.4, -0.2) is 21.2 Å². The summed E-state index contributed by atoms with van der Waals surface area (Å²) in [7, 11) is 0. The molecule has 0 aliphatic rings. The van der Waals surface area contributed by atoms with Crippen molar-refractivity contribution in [3.63, 3.8) is 0 Å². The van der Waals surface area contributed by atoms with Crippen molar-refractivity contribution in [1.82, 2.24) is 9.97 Å². The SMILES string of the molecule is O=C(O)Oc1ccc(C#Cc2ccnc(Cl)c2)cn1. The number of carbonyl (C=O) groups is 1. The second-order valence-corrected chi connectivity index (χ2v) is 3.76. The molecule has 94 valence electrons. The van der Waals surface area contributed by atoms with E-state index in [9.17, 15) is 4.79 Å². The fourth-order valence-electron chi connectivity index (χ4n) is 1.23. The molecule has 0 spiro atoms. The second kappa shape index (κ2) is 5.85. The van der Waals surface area contributed by atoms with Crippen molar-refractivity contribution < 1.29 is 14.6 Å². The number of carboxylic acid groups (broad SMARTS) is 1. The molecule has 2 aromatic heterocycles. The van der Waals surface area contributed by atoms with Gasteiger partial charge in [-0.05, 0) is 18.2 Å². The van der Waals surface area contributed by atoms with E-state index in [1.54, 1.807) is 24.4 Å². The van der Waals surface area contributed by atoms with Gasteiger partial charge in [-0.15, -0.1) is 0 Å². The molecular weight excluding hydrogens is 268 g/mol. The molecule has 0 fully saturated rings. The third kappa shape index (κ3) is 3.98. The van der Waals surface area contributed by atoms with Crippen molar-refractivity contribution in [2.24, 2.45) is 0 Å². The maximum absolute atomic E-state index is 10.3. The molecule has 6 heteroatoms. The van der Waals surface area contributed by atoms with Gasteiger partial charge in [0, 0.05) is 29.6 Å². The monoisotopic (exact) mass is 274 g/mol. The number of halogens is 1. The Morgan fingerprint density at radius 2 is 2.00 bits per heavy atom. The average Bonchev–Trinajstić information content (AvgIpc) is 2.37. The molecule has 1 N–H and O–H groups in total. The van der Waals surface area contributed by atoms with Gasteiger partial charge in [0.2, 0.25) is 5.88 Å². The van der Waals surface area contributed by atoms with E-state index in [1.165, 1.54) is 12.3 Å². The summed E-state index contributed by atoms with van der Waals surface area (Å²) in [6.45, 7) is 0. The lowest BCUT2D eigenvalue weighted by Crippen LogP contribution is -2.04. The molecule has 2 rings (SSSR count). The first kappa shape index (κ1) is 12.9. The van der Waals surface area contributed by atoms with Crippen molar-refractivity contribution in [2.45, 2.75) is 0 Å². The number of hydrogen-bond donors (Lipinski definition) is 1. The highest BCUT2D eigenvalue weighted by Crippen LogP contribution is 2.08. The largest absolute Gasteiger partial charge is 0.512 e. The molecule has 2 aromatic rings. The van der Waals surface area contributed by atoms with Crippen LogP contribution >= 0.6 is 11.6 Å². The van der Waals surface area contributed by atoms with E-state index in [1.807, 2.05) is 0 Å². The third-order valence-electron chi connectivity index (χ3n) is 2.01. The molecular formula is C13H7ClN2O3. The molecule has 0 bridgehead atoms. The quantitative estimate of drug-likeness (QED) is 0.491. The van der Waals surface area contributed by atoms with Gasteiger partial charge in [0.05, 0.1) is 0 Å². The minimum absolute atomic E-state index is 0.00463. The molecule has 0 aromatic carbocycles. The van der Waals surface area contributed by atoms with Gasteiger partial charge in [-0.3, -0.25) is 0 Å². The van der Waals surface area contributed by atoms with Crippen molar-refractivity contribution in [3.05, 3.63) is 52.9 Å². The van der Waals surface area contributed by atoms with Gasteiger partial charge in [0.25, 0.3) is 0 Å². The van der Waals surface area contributed by atoms with Crippen LogP contribution in [0.2, 0.25) is 5.15 Å². The van der Waals surface area contributed by atoms with E-state index in [-0.39, 0.29) is 5.88 Å². The Hall–Kier alpha value is -2.58. The van der Waals surface area contributed by atoms with Crippen molar-refractivity contribution >= 4 is 17.8 Å². The first-order chi connectivity index (χ1) is 9.13. The minimum Gasteiger partial charge on any atom is -0.449 e. The molecule has 0 atom stereocenters. The molecule has 0 aliphatic carbocycles. The number of nitrogens with zero attached hydrogens (tertiary/aromatic N) is 2. The average molecular weight is 275 g/mol. The van der Waals surface area contributed by atoms with Crippen LogP contribution < -0.4 is 4.74 Å². The van der Waals surface area contributed by atoms with Crippen molar-refractivity contribution in [2.75, 3.05) is 0 Å². The molecule has 0 saturated heterocycles. The van der Waals surface area contributed by atoms with Crippen molar-refractivity contribution in [3.8, 4) is 17.7 Å². The third-order valence-corrected chi connectivity index (χ3v) is 2.21. The van der Waals surface area contributed by atoms with E-state index < -0.39 is 6.16 Å². The highest BCUT2D eigenvalue weighted by atomic mass is 35.5. The molecule has 0 unspecified atom stereocenters. The van der Waals surface area contributed by atoms with E-state index in [2.05, 4.69) is 26.5 Å². The number of ether oxygens (including phenoxy) is 1. The van der Waals surface area contributed by atoms with Gasteiger partial charge in [0.1, 0.15) is 5.15 Å². The molecule has 0 amide bonds. The minimum atomic E-state index is -1.40. The Labute approximate surface area is 113 Å². The molecule has 0 aliphatic heterocycles. The molecule has 0 radical (unpaired) electrons. The Balaban J connectivity index is 2.14. The smallest absolute Gasteiger partial charge is 0.449 e. The fraction of sp³-hybridized carbons (Fsp3) is 0. The molecule has 19 heavy (non-hydrogen) atoms. The topological polar surface area (TPSA) is 72.3 Å². The van der Waals surface area contributed by atoms with Crippen molar-refractivity contribution in [1.29, 1.82) is 0 Å². The zero-order chi connectivity index (χ0) is 13.7. The highest BCUT2D eigenvalue weighted by molar-refractivity contribution is 6.29. The zero-order valence-electron chi connectivity index (χ0n) is 9.50. The lowest BCUT2D eigenvalue weighted by Gasteiger charge is -1.97. The predicted octanol–water partition coefficient (Wildman–Crippen LogP) is 2.59. The molecule has 0 saturated carbocycles. The molecule has 5 nitrogen and oxygen atoms in total. The normalized spacial score (nSPS) is 9.32. The fourth-order valence-corrected chi connectivity index (χ4v) is 1.40. The Morgan fingerprint density at radius 3 is 2.63 bits per heavy atom. The van der Waals surface area contributed by atoms with E-state index in [4.69, 9.17) is 16.7 Å². The summed E-state index contributed by atoms with van der Waals surface area (Å²) >= 11 is 5.73. The summed E-state index contributed by atoms with van der Waals surface area (Å²) in [4.78, 5) is 17.9. The highest BCUT2D eigenvalue weighted by Gasteiger charge is 2.00. The lowest BCUT2D eigenvalue weighted by molar-refractivity contribution is 0.142. The van der Waals surface area contributed by atoms with Gasteiger partial charge in [-0.1, -0.05) is 23.4 Å². The predicted molar refractivity (Wildman–Crippen MR) is 68.1 cm³/mol. The van der Waals surface area contributed by atoms with E-state index in [0.717, 1.165) is 5.56 Å². The van der Waals surface area contributed by atoms with Gasteiger partial charge in [-0.25, -0.2) is 14.8 Å². The van der Waals surface area contributed by atoms with Crippen LogP contribution in [0.3, 0.4) is 0 Å². The summed E-state index contributed by atoms with van der Waals surface area (Å²) in [6, 6.07) is 6.41. The van der Waals surface area contributed by atoms with E-state index in [0.29, 0.717) is 10.7 Å². The van der Waals surface area contributed by atoms with Crippen LogP contribution in [-0.2, 0) is 0 Å². The van der Waals surface area contributed by atoms with E-state index >= 15 is 0 Å². The first-order valence-electron chi connectivity index (χ1n) is 5.14. The summed E-state index contributed by atoms with van der Waals surface area (Å²) in [5.74, 6) is 5.76. The summed E-state index contributed by atoms with van der Waals surface area (Å²) in [6.07, 6.45) is 1.58. The standard InChI is InChI=1S/C13H7ClN2O3/c14-11-7-9(5-6-15-11)1-2-10-3-4-12(16-8-10)19-13(17)18/h3-8H,(H,17,18). The van der Waals surface area contributed by atoms with Crippen LogP contribution in [0.5, 0.6) is 5.88 Å². The summed E-state index contributed by atoms with van der Waals surface area (Å²) in [5.41, 5.74) is 1.36. The van der Waals surface area contributed by atoms with Gasteiger partial charge >= 0.3 is 6.16 Å². The van der Waals surface area contributed by atoms with Crippen LogP contribution in [0.25, 0.3) is 0 Å². The Kier molecular flexibility index (Phi) is 3.96. The summed E-state index contributed by atoms with van der Waals surface area (Å²) in [5, 5.41) is 8.78. The van der Waals surface area contributed by atoms with Gasteiger partial charge < -0.3 is 9.84 Å². The Morgan fingerprint density at radius 1 is 1.21 bits per heavy atom. The maximum Gasteiger partial charge on any atom is 0.512 e. The van der Waals surface area contributed by atoms with Gasteiger partial charge in [-0.2, -0.15) is 0 Å². The first-order valence-corrected chi connectivity index (χ1v) is 5.52. The van der Waals surface area contributed by atoms with Crippen LogP contribution in [0.1, 0.15) is 11.1 Å².